The monoisotopic (exact) mass is 268 g/mol. The molecule has 0 saturated carbocycles. The number of pyridine rings is 1. The summed E-state index contributed by atoms with van der Waals surface area (Å²) in [6.07, 6.45) is 5.02. The van der Waals surface area contributed by atoms with Crippen LogP contribution in [0, 0.1) is 0 Å². The van der Waals surface area contributed by atoms with E-state index < -0.39 is 0 Å². The van der Waals surface area contributed by atoms with Crippen LogP contribution in [0.25, 0.3) is 17.2 Å². The minimum absolute atomic E-state index is 0.219. The molecule has 7 nitrogen and oxygen atoms in total. The number of rotatable bonds is 3. The Morgan fingerprint density at radius 2 is 2.05 bits per heavy atom. The Balaban J connectivity index is 2.02. The Labute approximate surface area is 114 Å². The molecule has 0 fully saturated rings. The molecular formula is C13H12N6O. The highest BCUT2D eigenvalue weighted by atomic mass is 16.1. The first kappa shape index (κ1) is 12.2. The van der Waals surface area contributed by atoms with Crippen molar-refractivity contribution in [3.63, 3.8) is 0 Å². The van der Waals surface area contributed by atoms with E-state index in [0.717, 1.165) is 5.56 Å². The van der Waals surface area contributed by atoms with Gasteiger partial charge in [0.2, 0.25) is 0 Å². The summed E-state index contributed by atoms with van der Waals surface area (Å²) in [6.45, 7) is 2.41. The first-order valence-electron chi connectivity index (χ1n) is 6.20. The molecule has 0 aliphatic heterocycles. The maximum Gasteiger partial charge on any atom is 0.270 e. The van der Waals surface area contributed by atoms with Crippen LogP contribution >= 0.6 is 0 Å². The summed E-state index contributed by atoms with van der Waals surface area (Å²) in [5, 5.41) is 7.01. The van der Waals surface area contributed by atoms with Crippen molar-refractivity contribution in [1.82, 2.24) is 29.9 Å². The van der Waals surface area contributed by atoms with Crippen LogP contribution in [-0.2, 0) is 0 Å². The number of carbonyl (C=O) groups is 1. The molecule has 0 atom stereocenters. The van der Waals surface area contributed by atoms with Crippen LogP contribution in [-0.4, -0.2) is 37.0 Å². The van der Waals surface area contributed by atoms with E-state index in [9.17, 15) is 4.79 Å². The van der Waals surface area contributed by atoms with E-state index in [0.29, 0.717) is 23.8 Å². The summed E-state index contributed by atoms with van der Waals surface area (Å²) in [5.41, 5.74) is 1.18. The lowest BCUT2D eigenvalue weighted by Gasteiger charge is -2.00. The Bertz CT molecular complexity index is 752. The van der Waals surface area contributed by atoms with E-state index in [4.69, 9.17) is 0 Å². The fourth-order valence-electron chi connectivity index (χ4n) is 1.78. The largest absolute Gasteiger partial charge is 0.351 e. The van der Waals surface area contributed by atoms with Crippen LogP contribution in [0.3, 0.4) is 0 Å². The number of fused-ring (bicyclic) bond motifs is 1. The molecule has 1 amide bonds. The van der Waals surface area contributed by atoms with Gasteiger partial charge in [-0.3, -0.25) is 9.78 Å². The molecule has 0 spiro atoms. The lowest BCUT2D eigenvalue weighted by molar-refractivity contribution is 0.0951. The van der Waals surface area contributed by atoms with E-state index in [1.54, 1.807) is 29.2 Å². The predicted molar refractivity (Wildman–Crippen MR) is 72.0 cm³/mol. The lowest BCUT2D eigenvalue weighted by Crippen LogP contribution is -2.23. The highest BCUT2D eigenvalue weighted by Gasteiger charge is 2.11. The van der Waals surface area contributed by atoms with E-state index >= 15 is 0 Å². The second kappa shape index (κ2) is 5.04. The molecule has 0 radical (unpaired) electrons. The average Bonchev–Trinajstić information content (AvgIpc) is 2.91. The molecule has 3 rings (SSSR count). The van der Waals surface area contributed by atoms with Gasteiger partial charge in [-0.05, 0) is 25.1 Å². The highest BCUT2D eigenvalue weighted by Crippen LogP contribution is 2.14. The predicted octanol–water partition coefficient (Wildman–Crippen LogP) is 0.936. The number of nitrogens with one attached hydrogen (secondary N) is 1. The highest BCUT2D eigenvalue weighted by molar-refractivity contribution is 5.92. The topological polar surface area (TPSA) is 85.1 Å². The van der Waals surface area contributed by atoms with Gasteiger partial charge in [0.05, 0.1) is 0 Å². The summed E-state index contributed by atoms with van der Waals surface area (Å²) < 4.78 is 1.54. The molecule has 0 bridgehead atoms. The van der Waals surface area contributed by atoms with E-state index in [-0.39, 0.29) is 5.91 Å². The second-order valence-electron chi connectivity index (χ2n) is 4.09. The molecule has 0 aliphatic carbocycles. The molecular weight excluding hydrogens is 256 g/mol. The fraction of sp³-hybridized carbons (Fsp3) is 0.154. The summed E-state index contributed by atoms with van der Waals surface area (Å²) in [5.74, 6) is 0.719. The number of aromatic nitrogens is 5. The number of nitrogens with zero attached hydrogens (tertiary/aromatic N) is 5. The number of amides is 1. The molecule has 3 aromatic rings. The van der Waals surface area contributed by atoms with Crippen molar-refractivity contribution in [3.05, 3.63) is 42.5 Å². The Hall–Kier alpha value is -2.83. The van der Waals surface area contributed by atoms with Gasteiger partial charge in [0.25, 0.3) is 11.7 Å². The van der Waals surface area contributed by atoms with Gasteiger partial charge in [-0.15, -0.1) is 5.10 Å². The van der Waals surface area contributed by atoms with Crippen LogP contribution in [0.15, 0.2) is 36.8 Å². The minimum atomic E-state index is -0.219. The van der Waals surface area contributed by atoms with Gasteiger partial charge in [-0.25, -0.2) is 9.50 Å². The third kappa shape index (κ3) is 2.20. The lowest BCUT2D eigenvalue weighted by atomic mass is 10.3. The molecule has 0 aliphatic rings. The Morgan fingerprint density at radius 3 is 2.80 bits per heavy atom. The maximum atomic E-state index is 11.7. The molecule has 1 N–H and O–H groups in total. The van der Waals surface area contributed by atoms with Crippen molar-refractivity contribution < 1.29 is 4.79 Å². The van der Waals surface area contributed by atoms with Gasteiger partial charge >= 0.3 is 0 Å². The molecule has 20 heavy (non-hydrogen) atoms. The zero-order valence-electron chi connectivity index (χ0n) is 10.8. The van der Waals surface area contributed by atoms with Gasteiger partial charge in [0.1, 0.15) is 5.69 Å². The van der Waals surface area contributed by atoms with Crippen molar-refractivity contribution in [3.8, 4) is 11.4 Å². The van der Waals surface area contributed by atoms with Gasteiger partial charge in [0, 0.05) is 30.7 Å². The van der Waals surface area contributed by atoms with Crippen LogP contribution in [0.4, 0.5) is 0 Å². The standard InChI is InChI=1S/C13H12N6O/c1-2-15-12(20)10-5-8-19-13(16-10)17-11(18-19)9-3-6-14-7-4-9/h3-8H,2H2,1H3,(H,15,20). The van der Waals surface area contributed by atoms with Gasteiger partial charge in [-0.2, -0.15) is 4.98 Å². The molecule has 100 valence electrons. The first-order valence-corrected chi connectivity index (χ1v) is 6.20. The van der Waals surface area contributed by atoms with Crippen molar-refractivity contribution in [2.24, 2.45) is 0 Å². The summed E-state index contributed by atoms with van der Waals surface area (Å²) in [6, 6.07) is 5.25. The number of hydrogen-bond acceptors (Lipinski definition) is 5. The van der Waals surface area contributed by atoms with Crippen LogP contribution in [0.5, 0.6) is 0 Å². The zero-order valence-corrected chi connectivity index (χ0v) is 10.8. The smallest absolute Gasteiger partial charge is 0.270 e. The summed E-state index contributed by atoms with van der Waals surface area (Å²) in [7, 11) is 0. The second-order valence-corrected chi connectivity index (χ2v) is 4.09. The molecule has 0 unspecified atom stereocenters. The summed E-state index contributed by atoms with van der Waals surface area (Å²) in [4.78, 5) is 24.2. The third-order valence-electron chi connectivity index (χ3n) is 2.72. The molecule has 0 aromatic carbocycles. The van der Waals surface area contributed by atoms with Gasteiger partial charge < -0.3 is 5.32 Å². The number of carbonyl (C=O) groups excluding carboxylic acids is 1. The molecule has 7 heteroatoms. The zero-order chi connectivity index (χ0) is 13.9. The van der Waals surface area contributed by atoms with Crippen molar-refractivity contribution in [2.75, 3.05) is 6.54 Å². The van der Waals surface area contributed by atoms with E-state index in [1.807, 2.05) is 19.1 Å². The van der Waals surface area contributed by atoms with Crippen LogP contribution in [0.1, 0.15) is 17.4 Å². The average molecular weight is 268 g/mol. The van der Waals surface area contributed by atoms with E-state index in [1.165, 1.54) is 0 Å². The molecule has 0 saturated heterocycles. The van der Waals surface area contributed by atoms with Gasteiger partial charge in [-0.1, -0.05) is 0 Å². The normalized spacial score (nSPS) is 10.7. The first-order chi connectivity index (χ1) is 9.78. The molecule has 3 heterocycles. The van der Waals surface area contributed by atoms with Crippen molar-refractivity contribution >= 4 is 11.7 Å². The minimum Gasteiger partial charge on any atom is -0.351 e. The molecule has 3 aromatic heterocycles. The van der Waals surface area contributed by atoms with Crippen LogP contribution in [0.2, 0.25) is 0 Å². The Kier molecular flexibility index (Phi) is 3.08. The quantitative estimate of drug-likeness (QED) is 0.764. The fourth-order valence-corrected chi connectivity index (χ4v) is 1.78. The maximum absolute atomic E-state index is 11.7. The summed E-state index contributed by atoms with van der Waals surface area (Å²) >= 11 is 0. The van der Waals surface area contributed by atoms with Gasteiger partial charge in [0.15, 0.2) is 5.82 Å². The van der Waals surface area contributed by atoms with Crippen LogP contribution < -0.4 is 5.32 Å². The van der Waals surface area contributed by atoms with E-state index in [2.05, 4.69) is 25.4 Å². The number of hydrogen-bond donors (Lipinski definition) is 1. The van der Waals surface area contributed by atoms with Crippen molar-refractivity contribution in [2.45, 2.75) is 6.92 Å². The SMILES string of the molecule is CCNC(=O)c1ccn2nc(-c3ccncc3)nc2n1. The Morgan fingerprint density at radius 1 is 1.25 bits per heavy atom. The van der Waals surface area contributed by atoms with Crippen molar-refractivity contribution in [1.29, 1.82) is 0 Å². The third-order valence-corrected chi connectivity index (χ3v) is 2.72.